The fraction of sp³-hybridized carbons (Fsp3) is 0.900. The Morgan fingerprint density at radius 2 is 2.00 bits per heavy atom. The molecule has 0 aromatic carbocycles. The number of carboxylic acid groups (broad SMARTS) is 1. The van der Waals surface area contributed by atoms with Crippen molar-refractivity contribution in [1.29, 1.82) is 0 Å². The highest BCUT2D eigenvalue weighted by molar-refractivity contribution is 5.66. The van der Waals surface area contributed by atoms with Gasteiger partial charge in [0.05, 0.1) is 0 Å². The molecule has 1 fully saturated rings. The molecular weight excluding hydrogens is 204 g/mol. The molecule has 0 saturated heterocycles. The summed E-state index contributed by atoms with van der Waals surface area (Å²) in [6.45, 7) is 5.16. The average Bonchev–Trinajstić information content (AvgIpc) is 2.25. The standard InChI is InChI=1S/C10H17F2NO2/c1-9(2,3)13(8(14)15)7-4-5-10(11,12)6-7/h7H,4-6H2,1-3H3,(H,14,15). The lowest BCUT2D eigenvalue weighted by molar-refractivity contribution is -0.00431. The Morgan fingerprint density at radius 3 is 2.27 bits per heavy atom. The summed E-state index contributed by atoms with van der Waals surface area (Å²) in [6, 6.07) is -0.558. The van der Waals surface area contributed by atoms with Crippen LogP contribution in [0.4, 0.5) is 13.6 Å². The molecule has 1 amide bonds. The van der Waals surface area contributed by atoms with Crippen molar-refractivity contribution in [1.82, 2.24) is 4.90 Å². The monoisotopic (exact) mass is 221 g/mol. The van der Waals surface area contributed by atoms with E-state index in [0.717, 1.165) is 4.90 Å². The summed E-state index contributed by atoms with van der Waals surface area (Å²) in [5.41, 5.74) is -0.628. The molecule has 1 rings (SSSR count). The van der Waals surface area contributed by atoms with Gasteiger partial charge in [0.15, 0.2) is 0 Å². The number of hydrogen-bond acceptors (Lipinski definition) is 1. The molecular formula is C10H17F2NO2. The third kappa shape index (κ3) is 2.79. The second-order valence-electron chi connectivity index (χ2n) is 5.08. The van der Waals surface area contributed by atoms with Crippen molar-refractivity contribution in [3.05, 3.63) is 0 Å². The second-order valence-corrected chi connectivity index (χ2v) is 5.08. The molecule has 0 bridgehead atoms. The number of nitrogens with zero attached hydrogens (tertiary/aromatic N) is 1. The van der Waals surface area contributed by atoms with Gasteiger partial charge >= 0.3 is 6.09 Å². The fourth-order valence-corrected chi connectivity index (χ4v) is 2.14. The molecule has 3 nitrogen and oxygen atoms in total. The SMILES string of the molecule is CC(C)(C)N(C(=O)O)C1CCC(F)(F)C1. The minimum Gasteiger partial charge on any atom is -0.465 e. The van der Waals surface area contributed by atoms with E-state index in [0.29, 0.717) is 0 Å². The molecule has 1 unspecified atom stereocenters. The summed E-state index contributed by atoms with van der Waals surface area (Å²) in [5, 5.41) is 9.02. The third-order valence-electron chi connectivity index (χ3n) is 2.67. The first kappa shape index (κ1) is 12.2. The maximum atomic E-state index is 13.0. The van der Waals surface area contributed by atoms with Gasteiger partial charge in [0.1, 0.15) is 0 Å². The molecule has 1 aliphatic carbocycles. The van der Waals surface area contributed by atoms with Crippen LogP contribution < -0.4 is 0 Å². The minimum atomic E-state index is -2.70. The van der Waals surface area contributed by atoms with Crippen molar-refractivity contribution in [3.8, 4) is 0 Å². The van der Waals surface area contributed by atoms with Gasteiger partial charge in [-0.25, -0.2) is 13.6 Å². The lowest BCUT2D eigenvalue weighted by Gasteiger charge is -2.37. The van der Waals surface area contributed by atoms with Crippen LogP contribution in [-0.4, -0.2) is 33.6 Å². The molecule has 1 aliphatic rings. The van der Waals surface area contributed by atoms with Crippen LogP contribution >= 0.6 is 0 Å². The quantitative estimate of drug-likeness (QED) is 0.739. The van der Waals surface area contributed by atoms with E-state index in [2.05, 4.69) is 0 Å². The molecule has 0 aromatic rings. The molecule has 15 heavy (non-hydrogen) atoms. The number of carbonyl (C=O) groups is 1. The Hall–Kier alpha value is -0.870. The first-order chi connectivity index (χ1) is 6.63. The molecule has 1 atom stereocenters. The number of rotatable bonds is 1. The van der Waals surface area contributed by atoms with E-state index in [-0.39, 0.29) is 19.3 Å². The molecule has 0 heterocycles. The molecule has 1 N–H and O–H groups in total. The molecule has 0 radical (unpaired) electrons. The normalized spacial score (nSPS) is 25.3. The highest BCUT2D eigenvalue weighted by Gasteiger charge is 2.45. The number of halogens is 2. The van der Waals surface area contributed by atoms with Crippen LogP contribution in [0.5, 0.6) is 0 Å². The van der Waals surface area contributed by atoms with Gasteiger partial charge < -0.3 is 10.0 Å². The Morgan fingerprint density at radius 1 is 1.47 bits per heavy atom. The third-order valence-corrected chi connectivity index (χ3v) is 2.67. The van der Waals surface area contributed by atoms with E-state index in [4.69, 9.17) is 5.11 Å². The molecule has 0 aliphatic heterocycles. The number of alkyl halides is 2. The summed E-state index contributed by atoms with van der Waals surface area (Å²) in [7, 11) is 0. The van der Waals surface area contributed by atoms with E-state index in [9.17, 15) is 13.6 Å². The van der Waals surface area contributed by atoms with Crippen molar-refractivity contribution in [2.45, 2.75) is 57.5 Å². The summed E-state index contributed by atoms with van der Waals surface area (Å²) in [4.78, 5) is 12.2. The fourth-order valence-electron chi connectivity index (χ4n) is 2.14. The van der Waals surface area contributed by atoms with Crippen LogP contribution in [0.3, 0.4) is 0 Å². The van der Waals surface area contributed by atoms with Crippen molar-refractivity contribution in [2.75, 3.05) is 0 Å². The predicted molar refractivity (Wildman–Crippen MR) is 52.2 cm³/mol. The molecule has 88 valence electrons. The largest absolute Gasteiger partial charge is 0.465 e. The summed E-state index contributed by atoms with van der Waals surface area (Å²) in [6.07, 6.45) is -1.43. The Bertz CT molecular complexity index is 261. The molecule has 5 heteroatoms. The summed E-state index contributed by atoms with van der Waals surface area (Å²) >= 11 is 0. The first-order valence-electron chi connectivity index (χ1n) is 5.03. The average molecular weight is 221 g/mol. The van der Waals surface area contributed by atoms with E-state index >= 15 is 0 Å². The second kappa shape index (κ2) is 3.61. The van der Waals surface area contributed by atoms with E-state index in [1.165, 1.54) is 0 Å². The van der Waals surface area contributed by atoms with Crippen molar-refractivity contribution in [2.24, 2.45) is 0 Å². The topological polar surface area (TPSA) is 40.5 Å². The van der Waals surface area contributed by atoms with Crippen LogP contribution in [0.1, 0.15) is 40.0 Å². The zero-order chi connectivity index (χ0) is 11.9. The zero-order valence-electron chi connectivity index (χ0n) is 9.26. The minimum absolute atomic E-state index is 0.211. The highest BCUT2D eigenvalue weighted by Crippen LogP contribution is 2.39. The van der Waals surface area contributed by atoms with Gasteiger partial charge in [0.25, 0.3) is 0 Å². The zero-order valence-corrected chi connectivity index (χ0v) is 9.26. The van der Waals surface area contributed by atoms with Gasteiger partial charge in [-0.15, -0.1) is 0 Å². The van der Waals surface area contributed by atoms with Crippen LogP contribution in [0.15, 0.2) is 0 Å². The number of hydrogen-bond donors (Lipinski definition) is 1. The van der Waals surface area contributed by atoms with E-state index in [1.54, 1.807) is 20.8 Å². The lowest BCUT2D eigenvalue weighted by atomic mass is 10.0. The number of amides is 1. The maximum absolute atomic E-state index is 13.0. The van der Waals surface area contributed by atoms with Crippen molar-refractivity contribution in [3.63, 3.8) is 0 Å². The summed E-state index contributed by atoms with van der Waals surface area (Å²) < 4.78 is 26.0. The maximum Gasteiger partial charge on any atom is 0.407 e. The van der Waals surface area contributed by atoms with Crippen LogP contribution in [-0.2, 0) is 0 Å². The van der Waals surface area contributed by atoms with Gasteiger partial charge in [-0.05, 0) is 27.2 Å². The van der Waals surface area contributed by atoms with Crippen LogP contribution in [0, 0.1) is 0 Å². The van der Waals surface area contributed by atoms with E-state index in [1.807, 2.05) is 0 Å². The Balaban J connectivity index is 2.80. The Labute approximate surface area is 88.1 Å². The van der Waals surface area contributed by atoms with Gasteiger partial charge in [-0.1, -0.05) is 0 Å². The van der Waals surface area contributed by atoms with Crippen molar-refractivity contribution >= 4 is 6.09 Å². The van der Waals surface area contributed by atoms with Gasteiger partial charge in [0, 0.05) is 24.4 Å². The van der Waals surface area contributed by atoms with Gasteiger partial charge in [-0.2, -0.15) is 0 Å². The smallest absolute Gasteiger partial charge is 0.407 e. The van der Waals surface area contributed by atoms with Gasteiger partial charge in [-0.3, -0.25) is 0 Å². The highest BCUT2D eigenvalue weighted by atomic mass is 19.3. The lowest BCUT2D eigenvalue weighted by Crippen LogP contribution is -2.50. The molecule has 0 spiro atoms. The van der Waals surface area contributed by atoms with Crippen LogP contribution in [0.25, 0.3) is 0 Å². The molecule has 1 saturated carbocycles. The van der Waals surface area contributed by atoms with E-state index < -0.39 is 23.6 Å². The predicted octanol–water partition coefficient (Wildman–Crippen LogP) is 2.95. The first-order valence-corrected chi connectivity index (χ1v) is 5.03. The summed E-state index contributed by atoms with van der Waals surface area (Å²) in [5.74, 6) is -2.70. The Kier molecular flexibility index (Phi) is 2.94. The van der Waals surface area contributed by atoms with Crippen molar-refractivity contribution < 1.29 is 18.7 Å². The molecule has 0 aromatic heterocycles. The van der Waals surface area contributed by atoms with Gasteiger partial charge in [0.2, 0.25) is 5.92 Å². The van der Waals surface area contributed by atoms with Crippen LogP contribution in [0.2, 0.25) is 0 Å².